The normalized spacial score (nSPS) is 11.3. The van der Waals surface area contributed by atoms with Gasteiger partial charge in [-0.05, 0) is 40.1 Å². The largest absolute Gasteiger partial charge is 0.355 e. The number of carbonyl (C=O) groups excluding carboxylic acids is 1. The molecule has 2 aromatic carbocycles. The SMILES string of the molecule is O=C(Cc1ccc(-n2cnnn2)cc1)NCCS(=O)(=O)CCc1ccccc1. The Hall–Kier alpha value is -3.07. The lowest BCUT2D eigenvalue weighted by Gasteiger charge is -2.07. The topological polar surface area (TPSA) is 107 Å². The number of carbonyl (C=O) groups is 1. The van der Waals surface area contributed by atoms with E-state index in [1.54, 1.807) is 0 Å². The van der Waals surface area contributed by atoms with Crippen molar-refractivity contribution in [1.29, 1.82) is 0 Å². The number of tetrazole rings is 1. The minimum absolute atomic E-state index is 0.0657. The van der Waals surface area contributed by atoms with Crippen LogP contribution in [0.15, 0.2) is 60.9 Å². The zero-order valence-electron chi connectivity index (χ0n) is 15.2. The van der Waals surface area contributed by atoms with E-state index in [4.69, 9.17) is 0 Å². The standard InChI is InChI=1S/C19H21N5O3S/c25-19(14-17-6-8-18(9-7-17)24-15-21-22-23-24)20-11-13-28(26,27)12-10-16-4-2-1-3-5-16/h1-9,15H,10-14H2,(H,20,25). The van der Waals surface area contributed by atoms with Crippen LogP contribution in [0, 0.1) is 0 Å². The second-order valence-corrected chi connectivity index (χ2v) is 8.64. The van der Waals surface area contributed by atoms with Crippen molar-refractivity contribution in [1.82, 2.24) is 25.5 Å². The maximum atomic E-state index is 12.1. The number of nitrogens with one attached hydrogen (secondary N) is 1. The van der Waals surface area contributed by atoms with Crippen molar-refractivity contribution in [2.24, 2.45) is 0 Å². The minimum Gasteiger partial charge on any atom is -0.355 e. The summed E-state index contributed by atoms with van der Waals surface area (Å²) in [5.74, 6) is -0.205. The van der Waals surface area contributed by atoms with E-state index in [0.717, 1.165) is 16.8 Å². The molecule has 0 bridgehead atoms. The van der Waals surface area contributed by atoms with Gasteiger partial charge in [-0.3, -0.25) is 4.79 Å². The molecule has 8 nitrogen and oxygen atoms in total. The average molecular weight is 399 g/mol. The highest BCUT2D eigenvalue weighted by Gasteiger charge is 2.12. The molecule has 0 atom stereocenters. The average Bonchev–Trinajstić information content (AvgIpc) is 3.23. The molecule has 0 unspecified atom stereocenters. The third-order valence-electron chi connectivity index (χ3n) is 4.19. The molecule has 0 aliphatic carbocycles. The van der Waals surface area contributed by atoms with Crippen molar-refractivity contribution >= 4 is 15.7 Å². The number of aromatic nitrogens is 4. The predicted octanol–water partition coefficient (Wildman–Crippen LogP) is 0.979. The molecule has 3 rings (SSSR count). The molecule has 0 fully saturated rings. The van der Waals surface area contributed by atoms with Crippen LogP contribution in [0.4, 0.5) is 0 Å². The molecule has 0 aliphatic heterocycles. The van der Waals surface area contributed by atoms with Crippen LogP contribution in [-0.4, -0.2) is 52.6 Å². The summed E-state index contributed by atoms with van der Waals surface area (Å²) in [6.45, 7) is 0.110. The summed E-state index contributed by atoms with van der Waals surface area (Å²) in [6.07, 6.45) is 2.14. The molecule has 1 aromatic heterocycles. The molecular weight excluding hydrogens is 378 g/mol. The van der Waals surface area contributed by atoms with Crippen LogP contribution in [0.25, 0.3) is 5.69 Å². The van der Waals surface area contributed by atoms with Crippen LogP contribution in [0.1, 0.15) is 11.1 Å². The van der Waals surface area contributed by atoms with Gasteiger partial charge in [0.1, 0.15) is 6.33 Å². The number of sulfone groups is 1. The fourth-order valence-corrected chi connectivity index (χ4v) is 3.82. The van der Waals surface area contributed by atoms with Gasteiger partial charge in [-0.1, -0.05) is 42.5 Å². The third-order valence-corrected chi connectivity index (χ3v) is 5.85. The molecule has 0 spiro atoms. The molecule has 0 aliphatic rings. The highest BCUT2D eigenvalue weighted by Crippen LogP contribution is 2.08. The Bertz CT molecular complexity index is 988. The van der Waals surface area contributed by atoms with Crippen LogP contribution < -0.4 is 5.32 Å². The van der Waals surface area contributed by atoms with Crippen molar-refractivity contribution in [3.05, 3.63) is 72.1 Å². The van der Waals surface area contributed by atoms with Gasteiger partial charge in [0.25, 0.3) is 0 Å². The number of hydrogen-bond donors (Lipinski definition) is 1. The summed E-state index contributed by atoms with van der Waals surface area (Å²) in [7, 11) is -3.22. The number of rotatable bonds is 9. The van der Waals surface area contributed by atoms with Crippen LogP contribution >= 0.6 is 0 Å². The molecule has 1 amide bonds. The summed E-state index contributed by atoms with van der Waals surface area (Å²) >= 11 is 0. The van der Waals surface area contributed by atoms with Crippen molar-refractivity contribution in [2.45, 2.75) is 12.8 Å². The van der Waals surface area contributed by atoms with Crippen LogP contribution in [0.3, 0.4) is 0 Å². The Kier molecular flexibility index (Phi) is 6.49. The molecule has 1 heterocycles. The predicted molar refractivity (Wildman–Crippen MR) is 105 cm³/mol. The zero-order chi connectivity index (χ0) is 19.8. The van der Waals surface area contributed by atoms with Crippen molar-refractivity contribution in [2.75, 3.05) is 18.1 Å². The Morgan fingerprint density at radius 3 is 2.39 bits per heavy atom. The molecule has 0 radical (unpaired) electrons. The Morgan fingerprint density at radius 2 is 1.71 bits per heavy atom. The quantitative estimate of drug-likeness (QED) is 0.575. The second-order valence-electron chi connectivity index (χ2n) is 6.33. The van der Waals surface area contributed by atoms with E-state index in [1.807, 2.05) is 54.6 Å². The number of amides is 1. The van der Waals surface area contributed by atoms with Gasteiger partial charge in [-0.2, -0.15) is 0 Å². The van der Waals surface area contributed by atoms with E-state index in [-0.39, 0.29) is 30.4 Å². The smallest absolute Gasteiger partial charge is 0.224 e. The van der Waals surface area contributed by atoms with Gasteiger partial charge in [0, 0.05) is 6.54 Å². The third kappa shape index (κ3) is 5.98. The summed E-state index contributed by atoms with van der Waals surface area (Å²) in [6, 6.07) is 16.7. The Balaban J connectivity index is 1.41. The highest BCUT2D eigenvalue weighted by molar-refractivity contribution is 7.91. The van der Waals surface area contributed by atoms with Gasteiger partial charge in [0.15, 0.2) is 9.84 Å². The van der Waals surface area contributed by atoms with Crippen LogP contribution in [-0.2, 0) is 27.5 Å². The van der Waals surface area contributed by atoms with Gasteiger partial charge in [-0.15, -0.1) is 5.10 Å². The Morgan fingerprint density at radius 1 is 0.964 bits per heavy atom. The van der Waals surface area contributed by atoms with Gasteiger partial charge in [-0.25, -0.2) is 13.1 Å². The van der Waals surface area contributed by atoms with Crippen LogP contribution in [0.5, 0.6) is 0 Å². The number of hydrogen-bond acceptors (Lipinski definition) is 6. The first-order chi connectivity index (χ1) is 13.5. The summed E-state index contributed by atoms with van der Waals surface area (Å²) in [5.41, 5.74) is 2.60. The van der Waals surface area contributed by atoms with Crippen LogP contribution in [0.2, 0.25) is 0 Å². The van der Waals surface area contributed by atoms with Gasteiger partial charge >= 0.3 is 0 Å². The van der Waals surface area contributed by atoms with E-state index >= 15 is 0 Å². The van der Waals surface area contributed by atoms with E-state index < -0.39 is 9.84 Å². The lowest BCUT2D eigenvalue weighted by atomic mass is 10.1. The summed E-state index contributed by atoms with van der Waals surface area (Å²) < 4.78 is 25.8. The van der Waals surface area contributed by atoms with E-state index in [9.17, 15) is 13.2 Å². The number of benzene rings is 2. The lowest BCUT2D eigenvalue weighted by molar-refractivity contribution is -0.120. The number of nitrogens with zero attached hydrogens (tertiary/aromatic N) is 4. The maximum absolute atomic E-state index is 12.1. The summed E-state index contributed by atoms with van der Waals surface area (Å²) in [4.78, 5) is 12.0. The van der Waals surface area contributed by atoms with Crippen molar-refractivity contribution in [3.63, 3.8) is 0 Å². The first kappa shape index (κ1) is 19.7. The molecule has 28 heavy (non-hydrogen) atoms. The zero-order valence-corrected chi connectivity index (χ0v) is 16.0. The monoisotopic (exact) mass is 399 g/mol. The molecule has 0 saturated carbocycles. The fourth-order valence-electron chi connectivity index (χ4n) is 2.66. The van der Waals surface area contributed by atoms with E-state index in [2.05, 4.69) is 20.8 Å². The van der Waals surface area contributed by atoms with E-state index in [1.165, 1.54) is 11.0 Å². The van der Waals surface area contributed by atoms with Crippen molar-refractivity contribution < 1.29 is 13.2 Å². The summed E-state index contributed by atoms with van der Waals surface area (Å²) in [5, 5.41) is 13.6. The number of aryl methyl sites for hydroxylation is 1. The Labute approximate surface area is 163 Å². The molecule has 9 heteroatoms. The van der Waals surface area contributed by atoms with Gasteiger partial charge in [0.05, 0.1) is 23.6 Å². The molecule has 3 aromatic rings. The minimum atomic E-state index is -3.22. The maximum Gasteiger partial charge on any atom is 0.224 e. The van der Waals surface area contributed by atoms with Gasteiger partial charge < -0.3 is 5.32 Å². The second kappa shape index (κ2) is 9.23. The first-order valence-electron chi connectivity index (χ1n) is 8.85. The lowest BCUT2D eigenvalue weighted by Crippen LogP contribution is -2.31. The van der Waals surface area contributed by atoms with Gasteiger partial charge in [0.2, 0.25) is 5.91 Å². The molecule has 1 N–H and O–H groups in total. The van der Waals surface area contributed by atoms with E-state index in [0.29, 0.717) is 6.42 Å². The molecule has 146 valence electrons. The molecule has 0 saturated heterocycles. The fraction of sp³-hybridized carbons (Fsp3) is 0.263. The first-order valence-corrected chi connectivity index (χ1v) is 10.7. The molecular formula is C19H21N5O3S. The van der Waals surface area contributed by atoms with Crippen molar-refractivity contribution in [3.8, 4) is 5.69 Å². The highest BCUT2D eigenvalue weighted by atomic mass is 32.2.